The molecule has 2 heterocycles. The fourth-order valence-electron chi connectivity index (χ4n) is 3.90. The largest absolute Gasteiger partial charge is 0.390 e. The molecule has 0 bridgehead atoms. The maximum Gasteiger partial charge on any atom is 0.246 e. The number of carbonyl (C=O) groups is 2. The number of aliphatic hydroxyl groups excluding tert-OH is 2. The van der Waals surface area contributed by atoms with E-state index in [2.05, 4.69) is 0 Å². The number of likely N-dealkylation sites (tertiary alicyclic amines) is 1. The van der Waals surface area contributed by atoms with Crippen molar-refractivity contribution in [3.63, 3.8) is 0 Å². The molecule has 0 aromatic heterocycles. The lowest BCUT2D eigenvalue weighted by molar-refractivity contribution is -0.132. The van der Waals surface area contributed by atoms with Crippen LogP contribution in [0, 0.1) is 0 Å². The number of hydrogen-bond acceptors (Lipinski definition) is 5. The number of amides is 2. The summed E-state index contributed by atoms with van der Waals surface area (Å²) in [6.07, 6.45) is 0.458. The van der Waals surface area contributed by atoms with E-state index in [1.54, 1.807) is 39.0 Å². The first-order chi connectivity index (χ1) is 15.2. The van der Waals surface area contributed by atoms with Gasteiger partial charge in [-0.1, -0.05) is 29.3 Å². The molecule has 1 aromatic rings. The summed E-state index contributed by atoms with van der Waals surface area (Å²) in [5.74, 6) is -0.350. The van der Waals surface area contributed by atoms with Crippen LogP contribution in [0.4, 0.5) is 4.39 Å². The fraction of sp³-hybridized carbons (Fsp3) is 0.545. The second-order valence-electron chi connectivity index (χ2n) is 8.21. The van der Waals surface area contributed by atoms with Crippen molar-refractivity contribution in [2.75, 3.05) is 45.8 Å². The zero-order valence-electron chi connectivity index (χ0n) is 17.7. The van der Waals surface area contributed by atoms with Gasteiger partial charge in [0.25, 0.3) is 0 Å². The van der Waals surface area contributed by atoms with Gasteiger partial charge in [-0.2, -0.15) is 0 Å². The standard InChI is InChI=1S/C22H28Cl2FN3O4/c23-17-3-1-15(11-18(17)24)2-4-21(31)27-8-6-22(32)28(10-9-27)13-16(29)12-26-7-5-20(30)19(25)14-26/h1-4,11,16,19-20,29-30H,5-10,12-14H2/t16?,19-,20-/m0/s1. The van der Waals surface area contributed by atoms with Crippen LogP contribution < -0.4 is 0 Å². The molecule has 2 fully saturated rings. The van der Waals surface area contributed by atoms with E-state index in [0.717, 1.165) is 5.56 Å². The molecule has 0 spiro atoms. The molecule has 32 heavy (non-hydrogen) atoms. The number of piperidine rings is 1. The molecule has 7 nitrogen and oxygen atoms in total. The Balaban J connectivity index is 1.50. The first-order valence-corrected chi connectivity index (χ1v) is 11.4. The topological polar surface area (TPSA) is 84.3 Å². The van der Waals surface area contributed by atoms with Gasteiger partial charge in [0, 0.05) is 58.3 Å². The second-order valence-corrected chi connectivity index (χ2v) is 9.02. The Bertz CT molecular complexity index is 856. The van der Waals surface area contributed by atoms with Gasteiger partial charge in [-0.05, 0) is 30.2 Å². The van der Waals surface area contributed by atoms with E-state index in [-0.39, 0.29) is 37.9 Å². The third-order valence-corrected chi connectivity index (χ3v) is 6.49. The Hall–Kier alpha value is -1.71. The van der Waals surface area contributed by atoms with Crippen molar-refractivity contribution >= 4 is 41.1 Å². The van der Waals surface area contributed by atoms with Crippen molar-refractivity contribution in [3.8, 4) is 0 Å². The van der Waals surface area contributed by atoms with E-state index in [1.807, 2.05) is 0 Å². The molecule has 1 unspecified atom stereocenters. The van der Waals surface area contributed by atoms with E-state index in [0.29, 0.717) is 42.6 Å². The number of hydrogen-bond donors (Lipinski definition) is 2. The Morgan fingerprint density at radius 3 is 2.69 bits per heavy atom. The van der Waals surface area contributed by atoms with E-state index < -0.39 is 18.4 Å². The van der Waals surface area contributed by atoms with Crippen LogP contribution in [0.2, 0.25) is 10.0 Å². The van der Waals surface area contributed by atoms with Gasteiger partial charge < -0.3 is 20.0 Å². The number of rotatable bonds is 6. The lowest BCUT2D eigenvalue weighted by Crippen LogP contribution is -2.49. The molecule has 3 rings (SSSR count). The first-order valence-electron chi connectivity index (χ1n) is 10.7. The number of β-amino-alcohol motifs (C(OH)–C–C–N with tert-alkyl or cyclic N) is 1. The van der Waals surface area contributed by atoms with Gasteiger partial charge in [0.05, 0.1) is 22.3 Å². The molecule has 0 radical (unpaired) electrons. The quantitative estimate of drug-likeness (QED) is 0.598. The van der Waals surface area contributed by atoms with E-state index >= 15 is 0 Å². The molecular formula is C22H28Cl2FN3O4. The zero-order chi connectivity index (χ0) is 23.3. The molecule has 2 saturated heterocycles. The van der Waals surface area contributed by atoms with E-state index in [1.165, 1.54) is 6.08 Å². The summed E-state index contributed by atoms with van der Waals surface area (Å²) in [5.41, 5.74) is 0.740. The summed E-state index contributed by atoms with van der Waals surface area (Å²) in [6.45, 7) is 1.88. The van der Waals surface area contributed by atoms with Crippen LogP contribution in [-0.2, 0) is 9.59 Å². The third kappa shape index (κ3) is 6.89. The van der Waals surface area contributed by atoms with Crippen LogP contribution in [-0.4, -0.2) is 101 Å². The molecule has 2 N–H and O–H groups in total. The second kappa shape index (κ2) is 11.4. The maximum atomic E-state index is 13.7. The maximum absolute atomic E-state index is 13.7. The summed E-state index contributed by atoms with van der Waals surface area (Å²) >= 11 is 11.9. The molecule has 0 saturated carbocycles. The molecule has 2 amide bonds. The lowest BCUT2D eigenvalue weighted by atomic mass is 10.1. The molecule has 0 aliphatic carbocycles. The van der Waals surface area contributed by atoms with Crippen LogP contribution in [0.3, 0.4) is 0 Å². The highest BCUT2D eigenvalue weighted by Crippen LogP contribution is 2.23. The van der Waals surface area contributed by atoms with E-state index in [4.69, 9.17) is 23.2 Å². The average Bonchev–Trinajstić information content (AvgIpc) is 2.93. The van der Waals surface area contributed by atoms with Gasteiger partial charge in [-0.3, -0.25) is 14.5 Å². The van der Waals surface area contributed by atoms with Crippen molar-refractivity contribution in [1.29, 1.82) is 0 Å². The van der Waals surface area contributed by atoms with Crippen LogP contribution in [0.5, 0.6) is 0 Å². The first kappa shape index (κ1) is 24.9. The Labute approximate surface area is 197 Å². The summed E-state index contributed by atoms with van der Waals surface area (Å²) in [7, 11) is 0. The van der Waals surface area contributed by atoms with Crippen molar-refractivity contribution in [2.45, 2.75) is 31.2 Å². The van der Waals surface area contributed by atoms with E-state index in [9.17, 15) is 24.2 Å². The van der Waals surface area contributed by atoms with Gasteiger partial charge in [0.15, 0.2) is 0 Å². The highest BCUT2D eigenvalue weighted by atomic mass is 35.5. The van der Waals surface area contributed by atoms with Gasteiger partial charge in [0.1, 0.15) is 6.17 Å². The molecule has 1 aromatic carbocycles. The summed E-state index contributed by atoms with van der Waals surface area (Å²) in [6, 6.07) is 5.07. The monoisotopic (exact) mass is 487 g/mol. The minimum absolute atomic E-state index is 0.0691. The van der Waals surface area contributed by atoms with Gasteiger partial charge in [-0.15, -0.1) is 0 Å². The molecule has 10 heteroatoms. The highest BCUT2D eigenvalue weighted by molar-refractivity contribution is 6.42. The van der Waals surface area contributed by atoms with Crippen molar-refractivity contribution < 1.29 is 24.2 Å². The summed E-state index contributed by atoms with van der Waals surface area (Å²) < 4.78 is 13.7. The summed E-state index contributed by atoms with van der Waals surface area (Å²) in [4.78, 5) is 29.9. The summed E-state index contributed by atoms with van der Waals surface area (Å²) in [5, 5.41) is 20.7. The Morgan fingerprint density at radius 2 is 1.97 bits per heavy atom. The molecule has 2 aliphatic rings. The number of nitrogens with zero attached hydrogens (tertiary/aromatic N) is 3. The van der Waals surface area contributed by atoms with Crippen LogP contribution >= 0.6 is 23.2 Å². The highest BCUT2D eigenvalue weighted by Gasteiger charge is 2.30. The number of alkyl halides is 1. The average molecular weight is 488 g/mol. The van der Waals surface area contributed by atoms with Crippen LogP contribution in [0.25, 0.3) is 6.08 Å². The van der Waals surface area contributed by atoms with Crippen LogP contribution in [0.1, 0.15) is 18.4 Å². The van der Waals surface area contributed by atoms with Gasteiger partial charge in [-0.25, -0.2) is 4.39 Å². The molecular weight excluding hydrogens is 460 g/mol. The number of benzene rings is 1. The predicted molar refractivity (Wildman–Crippen MR) is 121 cm³/mol. The molecule has 176 valence electrons. The van der Waals surface area contributed by atoms with Crippen molar-refractivity contribution in [2.24, 2.45) is 0 Å². The number of carbonyl (C=O) groups excluding carboxylic acids is 2. The molecule has 3 atom stereocenters. The van der Waals surface area contributed by atoms with Gasteiger partial charge >= 0.3 is 0 Å². The van der Waals surface area contributed by atoms with Crippen LogP contribution in [0.15, 0.2) is 24.3 Å². The minimum atomic E-state index is -1.33. The fourth-order valence-corrected chi connectivity index (χ4v) is 4.21. The minimum Gasteiger partial charge on any atom is -0.390 e. The normalized spacial score (nSPS) is 24.1. The van der Waals surface area contributed by atoms with Crippen molar-refractivity contribution in [3.05, 3.63) is 39.9 Å². The Kier molecular flexibility index (Phi) is 8.90. The third-order valence-electron chi connectivity index (χ3n) is 5.75. The predicted octanol–water partition coefficient (Wildman–Crippen LogP) is 1.83. The lowest BCUT2D eigenvalue weighted by Gasteiger charge is -2.34. The zero-order valence-corrected chi connectivity index (χ0v) is 19.2. The molecule has 2 aliphatic heterocycles. The Morgan fingerprint density at radius 1 is 1.19 bits per heavy atom. The van der Waals surface area contributed by atoms with Crippen molar-refractivity contribution in [1.82, 2.24) is 14.7 Å². The number of halogens is 3. The smallest absolute Gasteiger partial charge is 0.246 e. The van der Waals surface area contributed by atoms with Gasteiger partial charge in [0.2, 0.25) is 11.8 Å². The number of aliphatic hydroxyl groups is 2. The SMILES string of the molecule is O=C(C=Cc1ccc(Cl)c(Cl)c1)N1CCC(=O)N(CC(O)CN2CC[C@H](O)[C@@H](F)C2)CC1.